The summed E-state index contributed by atoms with van der Waals surface area (Å²) >= 11 is 0. The molecule has 0 fully saturated rings. The van der Waals surface area contributed by atoms with Crippen molar-refractivity contribution in [2.75, 3.05) is 5.48 Å². The molecule has 0 saturated carbocycles. The molecule has 0 saturated heterocycles. The number of hydrogen-bond donors (Lipinski definition) is 1. The lowest BCUT2D eigenvalue weighted by Crippen LogP contribution is -2.08. The Labute approximate surface area is 138 Å². The molecule has 0 radical (unpaired) electrons. The molecule has 0 amide bonds. The number of fused-ring (bicyclic) bond motifs is 1. The van der Waals surface area contributed by atoms with Gasteiger partial charge in [-0.15, -0.1) is 0 Å². The van der Waals surface area contributed by atoms with E-state index in [2.05, 4.69) is 15.6 Å². The Hall–Kier alpha value is -3.12. The quantitative estimate of drug-likeness (QED) is 0.560. The first-order valence-electron chi connectivity index (χ1n) is 7.64. The first kappa shape index (κ1) is 14.5. The molecular formula is C18H16N4O2. The molecule has 0 aliphatic rings. The van der Waals surface area contributed by atoms with E-state index in [-0.39, 0.29) is 6.10 Å². The third-order valence-corrected chi connectivity index (χ3v) is 3.79. The minimum absolute atomic E-state index is 0.158. The Morgan fingerprint density at radius 2 is 2.17 bits per heavy atom. The Morgan fingerprint density at radius 1 is 1.21 bits per heavy atom. The minimum Gasteiger partial charge on any atom is -0.464 e. The molecule has 6 nitrogen and oxygen atoms in total. The van der Waals surface area contributed by atoms with Crippen LogP contribution in [0.4, 0.5) is 5.82 Å². The lowest BCUT2D eigenvalue weighted by Gasteiger charge is -2.15. The molecular weight excluding hydrogens is 304 g/mol. The second-order valence-electron chi connectivity index (χ2n) is 5.44. The lowest BCUT2D eigenvalue weighted by atomic mass is 10.1. The van der Waals surface area contributed by atoms with Crippen molar-refractivity contribution in [2.45, 2.75) is 13.0 Å². The van der Waals surface area contributed by atoms with Crippen molar-refractivity contribution in [2.24, 2.45) is 0 Å². The van der Waals surface area contributed by atoms with E-state index in [0.717, 1.165) is 22.2 Å². The number of anilines is 1. The largest absolute Gasteiger partial charge is 0.464 e. The summed E-state index contributed by atoms with van der Waals surface area (Å²) in [6.45, 7) is 1.97. The van der Waals surface area contributed by atoms with Gasteiger partial charge in [-0.2, -0.15) is 5.10 Å². The van der Waals surface area contributed by atoms with E-state index < -0.39 is 0 Å². The van der Waals surface area contributed by atoms with Crippen LogP contribution in [0, 0.1) is 0 Å². The van der Waals surface area contributed by atoms with Crippen molar-refractivity contribution in [3.8, 4) is 5.69 Å². The predicted molar refractivity (Wildman–Crippen MR) is 90.7 cm³/mol. The van der Waals surface area contributed by atoms with E-state index in [1.165, 1.54) is 0 Å². The van der Waals surface area contributed by atoms with E-state index in [4.69, 9.17) is 9.25 Å². The molecule has 4 aromatic rings. The van der Waals surface area contributed by atoms with Crippen LogP contribution in [0.1, 0.15) is 18.6 Å². The maximum atomic E-state index is 5.73. The maximum absolute atomic E-state index is 5.73. The van der Waals surface area contributed by atoms with E-state index in [1.807, 2.05) is 60.3 Å². The van der Waals surface area contributed by atoms with Gasteiger partial charge >= 0.3 is 0 Å². The third-order valence-electron chi connectivity index (χ3n) is 3.79. The van der Waals surface area contributed by atoms with E-state index in [1.54, 1.807) is 18.7 Å². The summed E-state index contributed by atoms with van der Waals surface area (Å²) in [7, 11) is 0. The highest BCUT2D eigenvalue weighted by Gasteiger charge is 2.09. The Morgan fingerprint density at radius 3 is 3.04 bits per heavy atom. The van der Waals surface area contributed by atoms with Gasteiger partial charge in [0.2, 0.25) is 0 Å². The summed E-state index contributed by atoms with van der Waals surface area (Å²) in [5.74, 6) is 0.604. The standard InChI is InChI=1S/C18H16N4O2/c1-13(14-4-2-5-16(10-14)22-8-3-7-20-22)24-21-18-11-17-15(12-19-18)6-9-23-17/h2-13H,1H3,(H,19,21). The number of hydrogen-bond acceptors (Lipinski definition) is 5. The van der Waals surface area contributed by atoms with Gasteiger partial charge in [0.25, 0.3) is 0 Å². The summed E-state index contributed by atoms with van der Waals surface area (Å²) in [5, 5.41) is 5.20. The average Bonchev–Trinajstić information content (AvgIpc) is 3.30. The summed E-state index contributed by atoms with van der Waals surface area (Å²) in [6, 6.07) is 13.6. The lowest BCUT2D eigenvalue weighted by molar-refractivity contribution is 0.115. The number of pyridine rings is 1. The van der Waals surface area contributed by atoms with Crippen LogP contribution in [0.25, 0.3) is 16.7 Å². The number of rotatable bonds is 5. The topological polar surface area (TPSA) is 65.1 Å². The van der Waals surface area contributed by atoms with Gasteiger partial charge in [-0.05, 0) is 36.8 Å². The molecule has 1 atom stereocenters. The SMILES string of the molecule is CC(ONc1cc2occc2cn1)c1cccc(-n2cccn2)c1. The summed E-state index contributed by atoms with van der Waals surface area (Å²) in [5.41, 5.74) is 5.68. The first-order chi connectivity index (χ1) is 11.8. The Kier molecular flexibility index (Phi) is 3.72. The highest BCUT2D eigenvalue weighted by molar-refractivity contribution is 5.78. The first-order valence-corrected chi connectivity index (χ1v) is 7.64. The molecule has 3 heterocycles. The molecule has 1 aromatic carbocycles. The number of benzene rings is 1. The Balaban J connectivity index is 1.47. The maximum Gasteiger partial charge on any atom is 0.153 e. The van der Waals surface area contributed by atoms with E-state index in [0.29, 0.717) is 5.82 Å². The van der Waals surface area contributed by atoms with Crippen LogP contribution in [0.5, 0.6) is 0 Å². The van der Waals surface area contributed by atoms with Crippen LogP contribution in [-0.2, 0) is 4.84 Å². The van der Waals surface area contributed by atoms with Gasteiger partial charge < -0.3 is 4.42 Å². The molecule has 4 rings (SSSR count). The van der Waals surface area contributed by atoms with Gasteiger partial charge in [0.1, 0.15) is 11.7 Å². The van der Waals surface area contributed by atoms with Gasteiger partial charge in [0, 0.05) is 30.0 Å². The molecule has 24 heavy (non-hydrogen) atoms. The number of aromatic nitrogens is 3. The fourth-order valence-electron chi connectivity index (χ4n) is 2.47. The van der Waals surface area contributed by atoms with Crippen LogP contribution in [0.15, 0.2) is 71.7 Å². The van der Waals surface area contributed by atoms with Crippen molar-refractivity contribution >= 4 is 16.8 Å². The van der Waals surface area contributed by atoms with Crippen LogP contribution in [0.3, 0.4) is 0 Å². The van der Waals surface area contributed by atoms with Crippen LogP contribution in [0.2, 0.25) is 0 Å². The van der Waals surface area contributed by atoms with Gasteiger partial charge in [-0.25, -0.2) is 15.1 Å². The number of nitrogens with zero attached hydrogens (tertiary/aromatic N) is 3. The van der Waals surface area contributed by atoms with Crippen molar-refractivity contribution in [1.29, 1.82) is 0 Å². The molecule has 120 valence electrons. The highest BCUT2D eigenvalue weighted by Crippen LogP contribution is 2.22. The summed E-state index contributed by atoms with van der Waals surface area (Å²) < 4.78 is 7.18. The van der Waals surface area contributed by atoms with Gasteiger partial charge in [0.05, 0.1) is 12.0 Å². The van der Waals surface area contributed by atoms with Crippen molar-refractivity contribution in [3.63, 3.8) is 0 Å². The van der Waals surface area contributed by atoms with Crippen molar-refractivity contribution in [1.82, 2.24) is 14.8 Å². The molecule has 1 unspecified atom stereocenters. The molecule has 0 bridgehead atoms. The molecule has 6 heteroatoms. The molecule has 0 aliphatic carbocycles. The zero-order valence-corrected chi connectivity index (χ0v) is 13.1. The van der Waals surface area contributed by atoms with Gasteiger partial charge in [0.15, 0.2) is 5.82 Å². The second-order valence-corrected chi connectivity index (χ2v) is 5.44. The molecule has 0 spiro atoms. The Bertz CT molecular complexity index is 946. The van der Waals surface area contributed by atoms with Crippen LogP contribution >= 0.6 is 0 Å². The zero-order valence-electron chi connectivity index (χ0n) is 13.1. The van der Waals surface area contributed by atoms with Gasteiger partial charge in [-0.3, -0.25) is 4.84 Å². The van der Waals surface area contributed by atoms with Crippen LogP contribution in [-0.4, -0.2) is 14.8 Å². The van der Waals surface area contributed by atoms with Crippen molar-refractivity contribution in [3.05, 3.63) is 72.9 Å². The monoisotopic (exact) mass is 320 g/mol. The smallest absolute Gasteiger partial charge is 0.153 e. The second kappa shape index (κ2) is 6.17. The molecule has 1 N–H and O–H groups in total. The summed E-state index contributed by atoms with van der Waals surface area (Å²) in [6.07, 6.45) is 6.89. The van der Waals surface area contributed by atoms with E-state index in [9.17, 15) is 0 Å². The highest BCUT2D eigenvalue weighted by atomic mass is 16.7. The van der Waals surface area contributed by atoms with E-state index >= 15 is 0 Å². The summed E-state index contributed by atoms with van der Waals surface area (Å²) in [4.78, 5) is 10.0. The minimum atomic E-state index is -0.158. The number of furan rings is 1. The fraction of sp³-hybridized carbons (Fsp3) is 0.111. The number of nitrogens with one attached hydrogen (secondary N) is 1. The normalized spacial score (nSPS) is 12.4. The molecule has 0 aliphatic heterocycles. The predicted octanol–water partition coefficient (Wildman–Crippen LogP) is 4.12. The fourth-order valence-corrected chi connectivity index (χ4v) is 2.47. The third kappa shape index (κ3) is 2.87. The van der Waals surface area contributed by atoms with Crippen molar-refractivity contribution < 1.29 is 9.25 Å². The van der Waals surface area contributed by atoms with Gasteiger partial charge in [-0.1, -0.05) is 12.1 Å². The van der Waals surface area contributed by atoms with Crippen LogP contribution < -0.4 is 5.48 Å². The average molecular weight is 320 g/mol. The molecule has 3 aromatic heterocycles. The zero-order chi connectivity index (χ0) is 16.4.